The molecule has 4 nitrogen and oxygen atoms in total. The number of nitrogens with zero attached hydrogens (tertiary/aromatic N) is 2. The third kappa shape index (κ3) is 4.30. The normalized spacial score (nSPS) is 17.0. The highest BCUT2D eigenvalue weighted by atomic mass is 16.2. The van der Waals surface area contributed by atoms with Crippen LogP contribution in [0.15, 0.2) is 30.3 Å². The Kier molecular flexibility index (Phi) is 5.35. The second-order valence-corrected chi connectivity index (χ2v) is 5.89. The molecule has 1 aromatic rings. The minimum absolute atomic E-state index is 0.0286. The maximum atomic E-state index is 12.7. The first kappa shape index (κ1) is 15.5. The number of nitrogens with two attached hydrogens (primary N) is 1. The van der Waals surface area contributed by atoms with Gasteiger partial charge in [-0.05, 0) is 25.0 Å². The van der Waals surface area contributed by atoms with Crippen molar-refractivity contribution in [2.24, 2.45) is 5.73 Å². The minimum Gasteiger partial charge on any atom is -0.325 e. The van der Waals surface area contributed by atoms with Crippen molar-refractivity contribution in [2.45, 2.75) is 50.5 Å². The molecule has 1 fully saturated rings. The molecule has 1 saturated carbocycles. The highest BCUT2D eigenvalue weighted by Crippen LogP contribution is 2.30. The average molecular weight is 285 g/mol. The number of nitriles is 1. The second-order valence-electron chi connectivity index (χ2n) is 5.89. The molecule has 1 amide bonds. The van der Waals surface area contributed by atoms with Gasteiger partial charge in [0.15, 0.2) is 0 Å². The van der Waals surface area contributed by atoms with E-state index in [0.717, 1.165) is 31.4 Å². The average Bonchev–Trinajstić information content (AvgIpc) is 2.49. The zero-order chi connectivity index (χ0) is 15.1. The van der Waals surface area contributed by atoms with E-state index in [-0.39, 0.29) is 11.4 Å². The van der Waals surface area contributed by atoms with Crippen LogP contribution in [0.5, 0.6) is 0 Å². The molecule has 0 aliphatic heterocycles. The molecule has 0 unspecified atom stereocenters. The van der Waals surface area contributed by atoms with Crippen LogP contribution < -0.4 is 10.6 Å². The number of carbonyl (C=O) groups excluding carboxylic acids is 1. The van der Waals surface area contributed by atoms with E-state index < -0.39 is 0 Å². The van der Waals surface area contributed by atoms with Gasteiger partial charge < -0.3 is 10.6 Å². The minimum atomic E-state index is -0.366. The summed E-state index contributed by atoms with van der Waals surface area (Å²) >= 11 is 0. The molecule has 2 rings (SSSR count). The molecular weight excluding hydrogens is 262 g/mol. The molecule has 0 heterocycles. The van der Waals surface area contributed by atoms with Crippen LogP contribution in [-0.4, -0.2) is 18.0 Å². The molecular formula is C17H23N3O. The standard InChI is InChI=1S/C17H23N3O/c18-12-7-13-20(15-8-3-1-4-9-15)16(21)14-17(19)10-5-2-6-11-17/h1,3-4,8-9H,2,5-7,10-11,13-14,19H2. The Balaban J connectivity index is 2.09. The second kappa shape index (κ2) is 7.24. The summed E-state index contributed by atoms with van der Waals surface area (Å²) in [4.78, 5) is 14.4. The van der Waals surface area contributed by atoms with E-state index in [1.165, 1.54) is 6.42 Å². The topological polar surface area (TPSA) is 70.1 Å². The number of carbonyl (C=O) groups is 1. The predicted octanol–water partition coefficient (Wildman–Crippen LogP) is 2.98. The number of hydrogen-bond donors (Lipinski definition) is 1. The molecule has 0 bridgehead atoms. The summed E-state index contributed by atoms with van der Waals surface area (Å²) in [5, 5.41) is 8.80. The van der Waals surface area contributed by atoms with Crippen molar-refractivity contribution >= 4 is 11.6 Å². The lowest BCUT2D eigenvalue weighted by Crippen LogP contribution is -2.47. The van der Waals surface area contributed by atoms with Crippen LogP contribution in [0, 0.1) is 11.3 Å². The lowest BCUT2D eigenvalue weighted by atomic mass is 9.80. The Morgan fingerprint density at radius 1 is 1.24 bits per heavy atom. The molecule has 112 valence electrons. The first-order chi connectivity index (χ1) is 10.1. The molecule has 1 aliphatic rings. The smallest absolute Gasteiger partial charge is 0.228 e. The summed E-state index contributed by atoms with van der Waals surface area (Å²) in [6.45, 7) is 0.426. The van der Waals surface area contributed by atoms with Gasteiger partial charge in [0, 0.05) is 24.2 Å². The van der Waals surface area contributed by atoms with Crippen molar-refractivity contribution in [3.8, 4) is 6.07 Å². The Morgan fingerprint density at radius 3 is 2.52 bits per heavy atom. The van der Waals surface area contributed by atoms with Gasteiger partial charge in [0.1, 0.15) is 0 Å². The molecule has 1 aromatic carbocycles. The van der Waals surface area contributed by atoms with Crippen LogP contribution >= 0.6 is 0 Å². The molecule has 0 spiro atoms. The summed E-state index contributed by atoms with van der Waals surface area (Å²) in [6.07, 6.45) is 5.95. The van der Waals surface area contributed by atoms with Gasteiger partial charge in [0.05, 0.1) is 12.5 Å². The van der Waals surface area contributed by atoms with Gasteiger partial charge in [-0.15, -0.1) is 0 Å². The summed E-state index contributed by atoms with van der Waals surface area (Å²) < 4.78 is 0. The number of amides is 1. The lowest BCUT2D eigenvalue weighted by Gasteiger charge is -2.34. The molecule has 2 N–H and O–H groups in total. The van der Waals surface area contributed by atoms with E-state index in [9.17, 15) is 4.79 Å². The van der Waals surface area contributed by atoms with Crippen molar-refractivity contribution in [2.75, 3.05) is 11.4 Å². The van der Waals surface area contributed by atoms with E-state index >= 15 is 0 Å². The van der Waals surface area contributed by atoms with Crippen LogP contribution in [0.25, 0.3) is 0 Å². The van der Waals surface area contributed by atoms with Crippen molar-refractivity contribution in [3.63, 3.8) is 0 Å². The first-order valence-corrected chi connectivity index (χ1v) is 7.66. The fraction of sp³-hybridized carbons (Fsp3) is 0.529. The van der Waals surface area contributed by atoms with Gasteiger partial charge in [0.25, 0.3) is 0 Å². The van der Waals surface area contributed by atoms with Crippen molar-refractivity contribution in [1.82, 2.24) is 0 Å². The van der Waals surface area contributed by atoms with E-state index in [0.29, 0.717) is 19.4 Å². The van der Waals surface area contributed by atoms with E-state index in [1.807, 2.05) is 30.3 Å². The quantitative estimate of drug-likeness (QED) is 0.904. The van der Waals surface area contributed by atoms with Crippen LogP contribution in [0.3, 0.4) is 0 Å². The fourth-order valence-electron chi connectivity index (χ4n) is 3.00. The van der Waals surface area contributed by atoms with Gasteiger partial charge in [0.2, 0.25) is 5.91 Å². The number of benzene rings is 1. The Morgan fingerprint density at radius 2 is 1.90 bits per heavy atom. The third-order valence-corrected chi connectivity index (χ3v) is 4.17. The zero-order valence-corrected chi connectivity index (χ0v) is 12.4. The largest absolute Gasteiger partial charge is 0.325 e. The van der Waals surface area contributed by atoms with Crippen LogP contribution in [0.1, 0.15) is 44.9 Å². The Labute approximate surface area is 126 Å². The van der Waals surface area contributed by atoms with Gasteiger partial charge in [-0.2, -0.15) is 5.26 Å². The Hall–Kier alpha value is -1.86. The fourth-order valence-corrected chi connectivity index (χ4v) is 3.00. The first-order valence-electron chi connectivity index (χ1n) is 7.66. The molecule has 4 heteroatoms. The summed E-state index contributed by atoms with van der Waals surface area (Å²) in [6, 6.07) is 11.6. The number of anilines is 1. The van der Waals surface area contributed by atoms with Crippen LogP contribution in [0.2, 0.25) is 0 Å². The maximum Gasteiger partial charge on any atom is 0.228 e. The SMILES string of the molecule is N#CCCN(C(=O)CC1(N)CCCCC1)c1ccccc1. The summed E-state index contributed by atoms with van der Waals surface area (Å²) in [5.41, 5.74) is 6.87. The van der Waals surface area contributed by atoms with Crippen molar-refractivity contribution in [1.29, 1.82) is 5.26 Å². The van der Waals surface area contributed by atoms with Gasteiger partial charge >= 0.3 is 0 Å². The number of para-hydroxylation sites is 1. The molecule has 0 saturated heterocycles. The number of hydrogen-bond acceptors (Lipinski definition) is 3. The number of rotatable bonds is 5. The summed E-state index contributed by atoms with van der Waals surface area (Å²) in [5.74, 6) is 0.0286. The maximum absolute atomic E-state index is 12.7. The van der Waals surface area contributed by atoms with Crippen LogP contribution in [0.4, 0.5) is 5.69 Å². The lowest BCUT2D eigenvalue weighted by molar-refractivity contribution is -0.120. The van der Waals surface area contributed by atoms with Crippen molar-refractivity contribution in [3.05, 3.63) is 30.3 Å². The van der Waals surface area contributed by atoms with Gasteiger partial charge in [-0.3, -0.25) is 4.79 Å². The van der Waals surface area contributed by atoms with Crippen molar-refractivity contribution < 1.29 is 4.79 Å². The Bertz CT molecular complexity index is 501. The van der Waals surface area contributed by atoms with E-state index in [2.05, 4.69) is 6.07 Å². The summed E-state index contributed by atoms with van der Waals surface area (Å²) in [7, 11) is 0. The molecule has 21 heavy (non-hydrogen) atoms. The highest BCUT2D eigenvalue weighted by Gasteiger charge is 2.32. The van der Waals surface area contributed by atoms with Crippen LogP contribution in [-0.2, 0) is 4.79 Å². The van der Waals surface area contributed by atoms with E-state index in [4.69, 9.17) is 11.0 Å². The van der Waals surface area contributed by atoms with Gasteiger partial charge in [-0.25, -0.2) is 0 Å². The highest BCUT2D eigenvalue weighted by molar-refractivity contribution is 5.94. The molecule has 0 atom stereocenters. The van der Waals surface area contributed by atoms with E-state index in [1.54, 1.807) is 4.90 Å². The monoisotopic (exact) mass is 285 g/mol. The van der Waals surface area contributed by atoms with Gasteiger partial charge in [-0.1, -0.05) is 37.5 Å². The molecule has 1 aliphatic carbocycles. The zero-order valence-electron chi connectivity index (χ0n) is 12.4. The third-order valence-electron chi connectivity index (χ3n) is 4.17. The molecule has 0 aromatic heterocycles. The predicted molar refractivity (Wildman–Crippen MR) is 83.6 cm³/mol. The molecule has 0 radical (unpaired) electrons.